The van der Waals surface area contributed by atoms with Crippen molar-refractivity contribution in [1.29, 1.82) is 0 Å². The van der Waals surface area contributed by atoms with Crippen LogP contribution in [0, 0.1) is 12.7 Å². The van der Waals surface area contributed by atoms with Gasteiger partial charge >= 0.3 is 0 Å². The standard InChI is InChI=1S/C11H8ClFN2O/c1-7-10(11(12)16)6-14-15(7)9-4-2-8(13)3-5-9/h2-6H,1H3. The van der Waals surface area contributed by atoms with Crippen LogP contribution in [0.4, 0.5) is 4.39 Å². The number of benzene rings is 1. The van der Waals surface area contributed by atoms with Gasteiger partial charge in [0.15, 0.2) is 0 Å². The highest BCUT2D eigenvalue weighted by atomic mass is 35.5. The van der Waals surface area contributed by atoms with Crippen LogP contribution in [0.1, 0.15) is 16.1 Å². The largest absolute Gasteiger partial charge is 0.275 e. The summed E-state index contributed by atoms with van der Waals surface area (Å²) in [5.74, 6) is -0.317. The Hall–Kier alpha value is -1.68. The van der Waals surface area contributed by atoms with Crippen LogP contribution >= 0.6 is 11.6 Å². The first-order chi connectivity index (χ1) is 7.59. The van der Waals surface area contributed by atoms with Gasteiger partial charge in [-0.05, 0) is 42.8 Å². The molecule has 1 aromatic heterocycles. The average Bonchev–Trinajstić information content (AvgIpc) is 2.61. The van der Waals surface area contributed by atoms with E-state index < -0.39 is 5.24 Å². The molecule has 0 radical (unpaired) electrons. The van der Waals surface area contributed by atoms with Gasteiger partial charge in [-0.25, -0.2) is 9.07 Å². The van der Waals surface area contributed by atoms with E-state index in [0.717, 1.165) is 0 Å². The molecular formula is C11H8ClFN2O. The molecule has 3 nitrogen and oxygen atoms in total. The number of nitrogens with zero attached hydrogens (tertiary/aromatic N) is 2. The van der Waals surface area contributed by atoms with Gasteiger partial charge in [0.25, 0.3) is 5.24 Å². The van der Waals surface area contributed by atoms with Gasteiger partial charge in [-0.15, -0.1) is 0 Å². The highest BCUT2D eigenvalue weighted by Gasteiger charge is 2.12. The normalized spacial score (nSPS) is 10.4. The molecule has 0 aliphatic rings. The van der Waals surface area contributed by atoms with E-state index in [0.29, 0.717) is 16.9 Å². The van der Waals surface area contributed by atoms with Gasteiger partial charge in [0.05, 0.1) is 23.1 Å². The van der Waals surface area contributed by atoms with E-state index in [1.165, 1.54) is 23.0 Å². The first-order valence-electron chi connectivity index (χ1n) is 4.60. The van der Waals surface area contributed by atoms with Crippen LogP contribution in [0.5, 0.6) is 0 Å². The number of aromatic nitrogens is 2. The van der Waals surface area contributed by atoms with Crippen molar-refractivity contribution in [3.8, 4) is 5.69 Å². The lowest BCUT2D eigenvalue weighted by Crippen LogP contribution is -2.00. The molecule has 0 aliphatic heterocycles. The average molecular weight is 239 g/mol. The van der Waals surface area contributed by atoms with Crippen molar-refractivity contribution in [1.82, 2.24) is 9.78 Å². The zero-order valence-corrected chi connectivity index (χ0v) is 9.20. The predicted octanol–water partition coefficient (Wildman–Crippen LogP) is 2.70. The van der Waals surface area contributed by atoms with E-state index in [9.17, 15) is 9.18 Å². The number of hydrogen-bond donors (Lipinski definition) is 0. The molecule has 0 amide bonds. The Balaban J connectivity index is 2.49. The molecule has 1 heterocycles. The summed E-state index contributed by atoms with van der Waals surface area (Å²) < 4.78 is 14.3. The fourth-order valence-electron chi connectivity index (χ4n) is 1.45. The van der Waals surface area contributed by atoms with Crippen molar-refractivity contribution in [2.75, 3.05) is 0 Å². The van der Waals surface area contributed by atoms with Gasteiger partial charge < -0.3 is 0 Å². The van der Waals surface area contributed by atoms with Crippen molar-refractivity contribution < 1.29 is 9.18 Å². The van der Waals surface area contributed by atoms with Gasteiger partial charge in [-0.3, -0.25) is 4.79 Å². The quantitative estimate of drug-likeness (QED) is 0.754. The third-order valence-electron chi connectivity index (χ3n) is 2.29. The van der Waals surface area contributed by atoms with E-state index in [1.54, 1.807) is 19.1 Å². The maximum atomic E-state index is 12.7. The monoisotopic (exact) mass is 238 g/mol. The topological polar surface area (TPSA) is 34.9 Å². The third-order valence-corrected chi connectivity index (χ3v) is 2.50. The second-order valence-corrected chi connectivity index (χ2v) is 3.65. The second-order valence-electron chi connectivity index (χ2n) is 3.31. The van der Waals surface area contributed by atoms with Crippen LogP contribution in [0.2, 0.25) is 0 Å². The summed E-state index contributed by atoms with van der Waals surface area (Å²) in [6.07, 6.45) is 1.40. The molecule has 0 spiro atoms. The molecule has 2 aromatic rings. The van der Waals surface area contributed by atoms with Crippen LogP contribution < -0.4 is 0 Å². The lowest BCUT2D eigenvalue weighted by atomic mass is 10.2. The Morgan fingerprint density at radius 3 is 2.50 bits per heavy atom. The lowest BCUT2D eigenvalue weighted by molar-refractivity contribution is 0.108. The van der Waals surface area contributed by atoms with Crippen molar-refractivity contribution in [3.05, 3.63) is 47.5 Å². The van der Waals surface area contributed by atoms with Crippen molar-refractivity contribution in [3.63, 3.8) is 0 Å². The first kappa shape index (κ1) is 10.8. The number of hydrogen-bond acceptors (Lipinski definition) is 2. The lowest BCUT2D eigenvalue weighted by Gasteiger charge is -2.03. The Kier molecular flexibility index (Phi) is 2.75. The van der Waals surface area contributed by atoms with E-state index >= 15 is 0 Å². The minimum absolute atomic E-state index is 0.317. The molecule has 0 bridgehead atoms. The van der Waals surface area contributed by atoms with Gasteiger partial charge in [-0.2, -0.15) is 5.10 Å². The summed E-state index contributed by atoms with van der Waals surface area (Å²) in [7, 11) is 0. The third kappa shape index (κ3) is 1.84. The van der Waals surface area contributed by atoms with Gasteiger partial charge in [0, 0.05) is 0 Å². The van der Waals surface area contributed by atoms with Crippen LogP contribution in [-0.2, 0) is 0 Å². The molecule has 1 aromatic carbocycles. The molecule has 0 N–H and O–H groups in total. The second kappa shape index (κ2) is 4.06. The maximum absolute atomic E-state index is 12.7. The SMILES string of the molecule is Cc1c(C(=O)Cl)cnn1-c1ccc(F)cc1. The fourth-order valence-corrected chi connectivity index (χ4v) is 1.63. The van der Waals surface area contributed by atoms with Crippen LogP contribution in [0.25, 0.3) is 5.69 Å². The molecule has 0 saturated carbocycles. The highest BCUT2D eigenvalue weighted by Crippen LogP contribution is 2.15. The highest BCUT2D eigenvalue weighted by molar-refractivity contribution is 6.67. The molecular weight excluding hydrogens is 231 g/mol. The molecule has 82 valence electrons. The van der Waals surface area contributed by atoms with Crippen molar-refractivity contribution >= 4 is 16.8 Å². The summed E-state index contributed by atoms with van der Waals surface area (Å²) >= 11 is 5.38. The summed E-state index contributed by atoms with van der Waals surface area (Å²) in [6.45, 7) is 1.73. The maximum Gasteiger partial charge on any atom is 0.255 e. The molecule has 2 rings (SSSR count). The number of rotatable bonds is 2. The number of carbonyl (C=O) groups excluding carboxylic acids is 1. The molecule has 0 saturated heterocycles. The van der Waals surface area contributed by atoms with Crippen LogP contribution in [-0.4, -0.2) is 15.0 Å². The molecule has 0 unspecified atom stereocenters. The summed E-state index contributed by atoms with van der Waals surface area (Å²) in [6, 6.07) is 5.83. The fraction of sp³-hybridized carbons (Fsp3) is 0.0909. The zero-order chi connectivity index (χ0) is 11.7. The smallest absolute Gasteiger partial charge is 0.255 e. The number of halogens is 2. The summed E-state index contributed by atoms with van der Waals surface area (Å²) in [4.78, 5) is 11.0. The van der Waals surface area contributed by atoms with Crippen molar-refractivity contribution in [2.24, 2.45) is 0 Å². The van der Waals surface area contributed by atoms with Crippen LogP contribution in [0.3, 0.4) is 0 Å². The van der Waals surface area contributed by atoms with E-state index in [2.05, 4.69) is 5.10 Å². The zero-order valence-electron chi connectivity index (χ0n) is 8.45. The van der Waals surface area contributed by atoms with Crippen molar-refractivity contribution in [2.45, 2.75) is 6.92 Å². The summed E-state index contributed by atoms with van der Waals surface area (Å²) in [5, 5.41) is 3.48. The van der Waals surface area contributed by atoms with Crippen LogP contribution in [0.15, 0.2) is 30.5 Å². The van der Waals surface area contributed by atoms with Gasteiger partial charge in [-0.1, -0.05) is 0 Å². The molecule has 0 atom stereocenters. The summed E-state index contributed by atoms with van der Waals surface area (Å²) in [5.41, 5.74) is 1.67. The molecule has 0 fully saturated rings. The Morgan fingerprint density at radius 2 is 2.00 bits per heavy atom. The van der Waals surface area contributed by atoms with Gasteiger partial charge in [0.1, 0.15) is 5.82 Å². The minimum atomic E-state index is -0.550. The Labute approximate surface area is 96.5 Å². The van der Waals surface area contributed by atoms with Gasteiger partial charge in [0.2, 0.25) is 0 Å². The molecule has 5 heteroatoms. The van der Waals surface area contributed by atoms with E-state index in [-0.39, 0.29) is 5.82 Å². The van der Waals surface area contributed by atoms with E-state index in [1.807, 2.05) is 0 Å². The Morgan fingerprint density at radius 1 is 1.38 bits per heavy atom. The predicted molar refractivity (Wildman–Crippen MR) is 58.4 cm³/mol. The number of carbonyl (C=O) groups is 1. The van der Waals surface area contributed by atoms with E-state index in [4.69, 9.17) is 11.6 Å². The molecule has 0 aliphatic carbocycles. The Bertz CT molecular complexity index is 533. The minimum Gasteiger partial charge on any atom is -0.275 e. The molecule has 16 heavy (non-hydrogen) atoms. The first-order valence-corrected chi connectivity index (χ1v) is 4.98.